The summed E-state index contributed by atoms with van der Waals surface area (Å²) in [5.41, 5.74) is 9.39. The average Bonchev–Trinajstić information content (AvgIpc) is 3.56. The van der Waals surface area contributed by atoms with E-state index in [-0.39, 0.29) is 0 Å². The van der Waals surface area contributed by atoms with Crippen LogP contribution in [0.5, 0.6) is 0 Å². The zero-order valence-electron chi connectivity index (χ0n) is 28.4. The molecule has 0 saturated heterocycles. The second-order valence-electron chi connectivity index (χ2n) is 12.5. The van der Waals surface area contributed by atoms with Crippen LogP contribution >= 0.6 is 0 Å². The van der Waals surface area contributed by atoms with Gasteiger partial charge in [-0.1, -0.05) is 91.0 Å². The summed E-state index contributed by atoms with van der Waals surface area (Å²) in [5, 5.41) is 21.3. The van der Waals surface area contributed by atoms with Gasteiger partial charge >= 0.3 is 0 Å². The highest BCUT2D eigenvalue weighted by Crippen LogP contribution is 2.43. The van der Waals surface area contributed by atoms with Gasteiger partial charge < -0.3 is 4.57 Å². The molecule has 0 bridgehead atoms. The predicted octanol–water partition coefficient (Wildman–Crippen LogP) is 9.43. The molecule has 0 aliphatic rings. The first-order valence-corrected chi connectivity index (χ1v) is 16.8. The lowest BCUT2D eigenvalue weighted by atomic mass is 10.0. The first kappa shape index (κ1) is 32.5. The maximum absolute atomic E-state index is 14.8. The number of carbonyl (C=O) groups excluding carboxylic acids is 2. The van der Waals surface area contributed by atoms with Crippen molar-refractivity contribution in [2.24, 2.45) is 0 Å². The maximum Gasteiger partial charge on any atom is 0.267 e. The van der Waals surface area contributed by atoms with Gasteiger partial charge in [0.2, 0.25) is 6.41 Å². The Morgan fingerprint density at radius 2 is 1.19 bits per heavy atom. The molecule has 0 radical (unpaired) electrons. The Morgan fingerprint density at radius 1 is 0.642 bits per heavy atom. The molecule has 0 fully saturated rings. The van der Waals surface area contributed by atoms with Gasteiger partial charge in [0.1, 0.15) is 12.1 Å². The number of aryl methyl sites for hydroxylation is 1. The molecule has 0 aliphatic heterocycles. The van der Waals surface area contributed by atoms with E-state index in [0.717, 1.165) is 60.1 Å². The number of nitrogens with zero attached hydrogens (tertiary/aromatic N) is 6. The zero-order chi connectivity index (χ0) is 36.5. The van der Waals surface area contributed by atoms with E-state index in [1.807, 2.05) is 104 Å². The van der Waals surface area contributed by atoms with Crippen LogP contribution in [0, 0.1) is 29.6 Å². The van der Waals surface area contributed by atoms with Crippen LogP contribution in [0.3, 0.4) is 0 Å². The minimum Gasteiger partial charge on any atom is -0.307 e. The second-order valence-corrected chi connectivity index (χ2v) is 12.5. The molecule has 2 amide bonds. The van der Waals surface area contributed by atoms with Crippen LogP contribution in [0.25, 0.3) is 60.9 Å². The highest BCUT2D eigenvalue weighted by atomic mass is 16.2. The van der Waals surface area contributed by atoms with Crippen molar-refractivity contribution in [3.05, 3.63) is 168 Å². The monoisotopic (exact) mass is 684 g/mol. The van der Waals surface area contributed by atoms with Gasteiger partial charge in [0.15, 0.2) is 0 Å². The van der Waals surface area contributed by atoms with Crippen LogP contribution in [0.1, 0.15) is 27.0 Å². The normalized spacial score (nSPS) is 10.8. The number of amides is 2. The summed E-state index contributed by atoms with van der Waals surface area (Å²) < 4.78 is 2.05. The zero-order valence-corrected chi connectivity index (χ0v) is 28.4. The number of benzene rings is 5. The molecule has 0 aliphatic carbocycles. The molecule has 8 rings (SSSR count). The van der Waals surface area contributed by atoms with Crippen molar-refractivity contribution in [1.82, 2.24) is 14.5 Å². The van der Waals surface area contributed by atoms with E-state index in [1.165, 1.54) is 12.4 Å². The molecule has 53 heavy (non-hydrogen) atoms. The Bertz CT molecular complexity index is 2690. The first-order valence-electron chi connectivity index (χ1n) is 16.8. The standard InChI is InChI=1S/C45H28N6O2/c1-29-8-5-15-41(42(29)45(53)50(28-52)36-18-16-33(17-19-36)32-9-3-2-4-10-32)51-43-37(34-20-30(22-46)24-48-26-34)11-6-13-39(43)40-14-7-12-38(44(40)51)35-21-31(23-47)25-49-27-35/h2-21,24-28H,1H3. The van der Waals surface area contributed by atoms with E-state index in [9.17, 15) is 20.1 Å². The largest absolute Gasteiger partial charge is 0.307 e. The van der Waals surface area contributed by atoms with Crippen molar-refractivity contribution in [2.75, 3.05) is 4.90 Å². The van der Waals surface area contributed by atoms with Crippen molar-refractivity contribution in [1.29, 1.82) is 10.5 Å². The van der Waals surface area contributed by atoms with Crippen molar-refractivity contribution < 1.29 is 9.59 Å². The highest BCUT2D eigenvalue weighted by molar-refractivity contribution is 6.21. The maximum atomic E-state index is 14.8. The summed E-state index contributed by atoms with van der Waals surface area (Å²) in [7, 11) is 0. The van der Waals surface area contributed by atoms with E-state index >= 15 is 0 Å². The average molecular weight is 685 g/mol. The van der Waals surface area contributed by atoms with Crippen LogP contribution in [-0.2, 0) is 4.79 Å². The van der Waals surface area contributed by atoms with Gasteiger partial charge in [0, 0.05) is 57.8 Å². The molecule has 0 saturated carbocycles. The van der Waals surface area contributed by atoms with E-state index < -0.39 is 5.91 Å². The van der Waals surface area contributed by atoms with Crippen molar-refractivity contribution >= 4 is 39.8 Å². The Kier molecular flexibility index (Phi) is 8.32. The second kappa shape index (κ2) is 13.6. The highest BCUT2D eigenvalue weighted by Gasteiger charge is 2.27. The summed E-state index contributed by atoms with van der Waals surface area (Å²) in [4.78, 5) is 37.5. The van der Waals surface area contributed by atoms with Crippen LogP contribution in [-0.4, -0.2) is 26.9 Å². The number of rotatable bonds is 7. The van der Waals surface area contributed by atoms with Gasteiger partial charge in [-0.2, -0.15) is 10.5 Å². The fraction of sp³-hybridized carbons (Fsp3) is 0.0222. The molecule has 0 spiro atoms. The molecule has 3 heterocycles. The summed E-state index contributed by atoms with van der Waals surface area (Å²) >= 11 is 0. The van der Waals surface area contributed by atoms with Gasteiger partial charge in [0.25, 0.3) is 5.91 Å². The Balaban J connectivity index is 1.41. The number of fused-ring (bicyclic) bond motifs is 3. The van der Waals surface area contributed by atoms with Gasteiger partial charge in [0.05, 0.1) is 39.1 Å². The number of imide groups is 1. The number of pyridine rings is 2. The van der Waals surface area contributed by atoms with Crippen LogP contribution < -0.4 is 4.90 Å². The SMILES string of the molecule is Cc1cccc(-n2c3c(-c4cncc(C#N)c4)cccc3c3cccc(-c4cncc(C#N)c4)c32)c1C(=O)N(C=O)c1ccc(-c2ccccc2)cc1. The summed E-state index contributed by atoms with van der Waals surface area (Å²) in [6.07, 6.45) is 7.02. The lowest BCUT2D eigenvalue weighted by molar-refractivity contribution is -0.106. The molecule has 5 aromatic carbocycles. The molecular weight excluding hydrogens is 657 g/mol. The smallest absolute Gasteiger partial charge is 0.267 e. The Labute approximate surface area is 305 Å². The molecule has 8 aromatic rings. The summed E-state index contributed by atoms with van der Waals surface area (Å²) in [6, 6.07) is 42.7. The van der Waals surface area contributed by atoms with Crippen molar-refractivity contribution in [2.45, 2.75) is 6.92 Å². The number of anilines is 1. The molecule has 8 heteroatoms. The molecule has 3 aromatic heterocycles. The quantitative estimate of drug-likeness (QED) is 0.155. The fourth-order valence-electron chi connectivity index (χ4n) is 7.03. The molecule has 0 atom stereocenters. The predicted molar refractivity (Wildman–Crippen MR) is 206 cm³/mol. The minimum atomic E-state index is -0.494. The topological polar surface area (TPSA) is 116 Å². The molecule has 0 N–H and O–H groups in total. The Morgan fingerprint density at radius 3 is 1.74 bits per heavy atom. The van der Waals surface area contributed by atoms with Gasteiger partial charge in [-0.15, -0.1) is 0 Å². The Hall–Kier alpha value is -7.68. The minimum absolute atomic E-state index is 0.336. The van der Waals surface area contributed by atoms with E-state index in [0.29, 0.717) is 40.0 Å². The third-order valence-electron chi connectivity index (χ3n) is 9.45. The summed E-state index contributed by atoms with van der Waals surface area (Å²) in [5.74, 6) is -0.494. The first-order chi connectivity index (χ1) is 26.0. The summed E-state index contributed by atoms with van der Waals surface area (Å²) in [6.45, 7) is 1.86. The molecule has 0 unspecified atom stereocenters. The van der Waals surface area contributed by atoms with Gasteiger partial charge in [-0.3, -0.25) is 19.6 Å². The van der Waals surface area contributed by atoms with Crippen LogP contribution in [0.15, 0.2) is 146 Å². The van der Waals surface area contributed by atoms with Gasteiger partial charge in [-0.05, 0) is 53.9 Å². The van der Waals surface area contributed by atoms with Gasteiger partial charge in [-0.25, -0.2) is 4.90 Å². The van der Waals surface area contributed by atoms with Crippen LogP contribution in [0.2, 0.25) is 0 Å². The number of para-hydroxylation sites is 2. The van der Waals surface area contributed by atoms with Crippen molar-refractivity contribution in [3.63, 3.8) is 0 Å². The lowest BCUT2D eigenvalue weighted by Gasteiger charge is -2.22. The van der Waals surface area contributed by atoms with E-state index in [2.05, 4.69) is 26.7 Å². The third kappa shape index (κ3) is 5.67. The lowest BCUT2D eigenvalue weighted by Crippen LogP contribution is -2.31. The fourth-order valence-corrected chi connectivity index (χ4v) is 7.03. The molecule has 8 nitrogen and oxygen atoms in total. The number of aromatic nitrogens is 3. The van der Waals surface area contributed by atoms with E-state index in [4.69, 9.17) is 0 Å². The number of hydrogen-bond donors (Lipinski definition) is 0. The van der Waals surface area contributed by atoms with Crippen LogP contribution in [0.4, 0.5) is 5.69 Å². The molecular formula is C45H28N6O2. The number of nitriles is 2. The number of carbonyl (C=O) groups is 2. The van der Waals surface area contributed by atoms with Crippen molar-refractivity contribution in [3.8, 4) is 51.2 Å². The molecule has 250 valence electrons. The third-order valence-corrected chi connectivity index (χ3v) is 9.45. The van der Waals surface area contributed by atoms with E-state index in [1.54, 1.807) is 36.7 Å². The number of hydrogen-bond acceptors (Lipinski definition) is 6.